The second-order valence-corrected chi connectivity index (χ2v) is 5.94. The molecule has 1 amide bonds. The van der Waals surface area contributed by atoms with Crippen LogP contribution in [-0.4, -0.2) is 11.2 Å². The third kappa shape index (κ3) is 3.84. The van der Waals surface area contributed by atoms with Crippen LogP contribution in [0.2, 0.25) is 0 Å². The highest BCUT2D eigenvalue weighted by Gasteiger charge is 2.15. The normalized spacial score (nSPS) is 11.9. The number of thioether (sulfide) groups is 1. The Morgan fingerprint density at radius 2 is 1.90 bits per heavy atom. The van der Waals surface area contributed by atoms with Crippen LogP contribution in [0.15, 0.2) is 53.4 Å². The Kier molecular flexibility index (Phi) is 4.79. The number of benzene rings is 2. The number of nitrogens with one attached hydrogen (secondary N) is 1. The van der Waals surface area contributed by atoms with Crippen molar-refractivity contribution in [3.05, 3.63) is 59.9 Å². The summed E-state index contributed by atoms with van der Waals surface area (Å²) < 4.78 is 13.0. The maximum atomic E-state index is 13.0. The van der Waals surface area contributed by atoms with Gasteiger partial charge < -0.3 is 5.32 Å². The first-order chi connectivity index (χ1) is 9.56. The smallest absolute Gasteiger partial charge is 0.237 e. The summed E-state index contributed by atoms with van der Waals surface area (Å²) in [6, 6.07) is 14.1. The van der Waals surface area contributed by atoms with Crippen LogP contribution < -0.4 is 5.32 Å². The van der Waals surface area contributed by atoms with Gasteiger partial charge in [-0.05, 0) is 49.7 Å². The Balaban J connectivity index is 2.01. The van der Waals surface area contributed by atoms with Crippen LogP contribution in [0.3, 0.4) is 0 Å². The van der Waals surface area contributed by atoms with Gasteiger partial charge in [0.2, 0.25) is 5.91 Å². The minimum Gasteiger partial charge on any atom is -0.325 e. The SMILES string of the molecule is Cc1cc(F)ccc1NC(=O)C(C)Sc1ccccc1. The van der Waals surface area contributed by atoms with Gasteiger partial charge in [-0.2, -0.15) is 0 Å². The summed E-state index contributed by atoms with van der Waals surface area (Å²) in [5.41, 5.74) is 1.37. The van der Waals surface area contributed by atoms with Crippen molar-refractivity contribution >= 4 is 23.4 Å². The molecule has 0 radical (unpaired) electrons. The zero-order valence-corrected chi connectivity index (χ0v) is 12.2. The molecule has 0 saturated carbocycles. The van der Waals surface area contributed by atoms with Crippen molar-refractivity contribution in [2.75, 3.05) is 5.32 Å². The van der Waals surface area contributed by atoms with Gasteiger partial charge in [-0.25, -0.2) is 4.39 Å². The molecular formula is C16H16FNOS. The minimum absolute atomic E-state index is 0.0893. The van der Waals surface area contributed by atoms with E-state index < -0.39 is 0 Å². The summed E-state index contributed by atoms with van der Waals surface area (Å²) in [7, 11) is 0. The van der Waals surface area contributed by atoms with Crippen molar-refractivity contribution in [2.45, 2.75) is 24.0 Å². The molecule has 0 aliphatic carbocycles. The number of aryl methyl sites for hydroxylation is 1. The summed E-state index contributed by atoms with van der Waals surface area (Å²) >= 11 is 1.49. The van der Waals surface area contributed by atoms with Crippen molar-refractivity contribution in [1.82, 2.24) is 0 Å². The predicted molar refractivity (Wildman–Crippen MR) is 81.5 cm³/mol. The molecule has 0 heterocycles. The molecule has 0 aliphatic rings. The number of carbonyl (C=O) groups excluding carboxylic acids is 1. The van der Waals surface area contributed by atoms with Gasteiger partial charge in [0.05, 0.1) is 5.25 Å². The number of carbonyl (C=O) groups is 1. The highest BCUT2D eigenvalue weighted by atomic mass is 32.2. The van der Waals surface area contributed by atoms with Gasteiger partial charge in [0, 0.05) is 10.6 Å². The molecule has 0 fully saturated rings. The molecule has 20 heavy (non-hydrogen) atoms. The van der Waals surface area contributed by atoms with Crippen LogP contribution in [0.1, 0.15) is 12.5 Å². The highest BCUT2D eigenvalue weighted by Crippen LogP contribution is 2.24. The molecule has 1 N–H and O–H groups in total. The van der Waals surface area contributed by atoms with E-state index in [4.69, 9.17) is 0 Å². The van der Waals surface area contributed by atoms with E-state index in [9.17, 15) is 9.18 Å². The predicted octanol–water partition coefficient (Wildman–Crippen LogP) is 4.25. The van der Waals surface area contributed by atoms with Crippen LogP contribution >= 0.6 is 11.8 Å². The quantitative estimate of drug-likeness (QED) is 0.852. The zero-order valence-electron chi connectivity index (χ0n) is 11.4. The van der Waals surface area contributed by atoms with Gasteiger partial charge in [0.1, 0.15) is 5.82 Å². The van der Waals surface area contributed by atoms with E-state index in [1.54, 1.807) is 13.0 Å². The molecule has 2 rings (SSSR count). The molecule has 1 atom stereocenters. The average Bonchev–Trinajstić information content (AvgIpc) is 2.43. The van der Waals surface area contributed by atoms with E-state index in [-0.39, 0.29) is 17.0 Å². The molecule has 0 bridgehead atoms. The molecule has 4 heteroatoms. The summed E-state index contributed by atoms with van der Waals surface area (Å²) in [4.78, 5) is 13.2. The number of halogens is 1. The standard InChI is InChI=1S/C16H16FNOS/c1-11-10-13(17)8-9-15(11)18-16(19)12(2)20-14-6-4-3-5-7-14/h3-10,12H,1-2H3,(H,18,19). The van der Waals surface area contributed by atoms with Crippen molar-refractivity contribution in [2.24, 2.45) is 0 Å². The highest BCUT2D eigenvalue weighted by molar-refractivity contribution is 8.00. The van der Waals surface area contributed by atoms with Crippen LogP contribution in [-0.2, 0) is 4.79 Å². The Hall–Kier alpha value is -1.81. The number of rotatable bonds is 4. The molecule has 104 valence electrons. The van der Waals surface area contributed by atoms with Gasteiger partial charge in [-0.15, -0.1) is 11.8 Å². The van der Waals surface area contributed by atoms with E-state index in [0.717, 1.165) is 10.5 Å². The van der Waals surface area contributed by atoms with E-state index in [2.05, 4.69) is 5.32 Å². The number of amides is 1. The maximum absolute atomic E-state index is 13.0. The molecule has 0 aromatic heterocycles. The van der Waals surface area contributed by atoms with Gasteiger partial charge in [-0.3, -0.25) is 4.79 Å². The third-order valence-electron chi connectivity index (χ3n) is 2.87. The van der Waals surface area contributed by atoms with Gasteiger partial charge >= 0.3 is 0 Å². The minimum atomic E-state index is -0.299. The summed E-state index contributed by atoms with van der Waals surface area (Å²) in [6.45, 7) is 3.62. The summed E-state index contributed by atoms with van der Waals surface area (Å²) in [5.74, 6) is -0.388. The Bertz CT molecular complexity index is 601. The number of hydrogen-bond acceptors (Lipinski definition) is 2. The lowest BCUT2D eigenvalue weighted by Crippen LogP contribution is -2.22. The van der Waals surface area contributed by atoms with E-state index in [0.29, 0.717) is 5.69 Å². The van der Waals surface area contributed by atoms with Crippen LogP contribution in [0, 0.1) is 12.7 Å². The Labute approximate surface area is 122 Å². The first-order valence-electron chi connectivity index (χ1n) is 6.35. The summed E-state index contributed by atoms with van der Waals surface area (Å²) in [6.07, 6.45) is 0. The molecular weight excluding hydrogens is 273 g/mol. The molecule has 2 aromatic carbocycles. The topological polar surface area (TPSA) is 29.1 Å². The first-order valence-corrected chi connectivity index (χ1v) is 7.23. The molecule has 1 unspecified atom stereocenters. The van der Waals surface area contributed by atoms with Crippen LogP contribution in [0.25, 0.3) is 0 Å². The van der Waals surface area contributed by atoms with Gasteiger partial charge in [-0.1, -0.05) is 18.2 Å². The lowest BCUT2D eigenvalue weighted by molar-refractivity contribution is -0.115. The van der Waals surface area contributed by atoms with Crippen molar-refractivity contribution in [3.63, 3.8) is 0 Å². The number of anilines is 1. The fourth-order valence-corrected chi connectivity index (χ4v) is 2.65. The zero-order chi connectivity index (χ0) is 14.5. The second-order valence-electron chi connectivity index (χ2n) is 4.52. The second kappa shape index (κ2) is 6.57. The molecule has 0 saturated heterocycles. The van der Waals surface area contributed by atoms with E-state index in [1.807, 2.05) is 37.3 Å². The number of hydrogen-bond donors (Lipinski definition) is 1. The molecule has 0 aliphatic heterocycles. The maximum Gasteiger partial charge on any atom is 0.237 e. The molecule has 2 nitrogen and oxygen atoms in total. The lowest BCUT2D eigenvalue weighted by Gasteiger charge is -2.13. The van der Waals surface area contributed by atoms with Crippen molar-refractivity contribution in [3.8, 4) is 0 Å². The summed E-state index contributed by atoms with van der Waals surface area (Å²) in [5, 5.41) is 2.61. The van der Waals surface area contributed by atoms with Gasteiger partial charge in [0.15, 0.2) is 0 Å². The third-order valence-corrected chi connectivity index (χ3v) is 3.98. The van der Waals surface area contributed by atoms with Crippen molar-refractivity contribution < 1.29 is 9.18 Å². The Morgan fingerprint density at radius 3 is 2.55 bits per heavy atom. The monoisotopic (exact) mass is 289 g/mol. The largest absolute Gasteiger partial charge is 0.325 e. The fourth-order valence-electron chi connectivity index (χ4n) is 1.76. The van der Waals surface area contributed by atoms with Crippen molar-refractivity contribution in [1.29, 1.82) is 0 Å². The first kappa shape index (κ1) is 14.6. The van der Waals surface area contributed by atoms with Gasteiger partial charge in [0.25, 0.3) is 0 Å². The lowest BCUT2D eigenvalue weighted by atomic mass is 10.2. The van der Waals surface area contributed by atoms with Crippen LogP contribution in [0.5, 0.6) is 0 Å². The molecule has 2 aromatic rings. The Morgan fingerprint density at radius 1 is 1.20 bits per heavy atom. The average molecular weight is 289 g/mol. The molecule has 0 spiro atoms. The van der Waals surface area contributed by atoms with E-state index >= 15 is 0 Å². The van der Waals surface area contributed by atoms with Crippen LogP contribution in [0.4, 0.5) is 10.1 Å². The van der Waals surface area contributed by atoms with E-state index in [1.165, 1.54) is 23.9 Å². The fraction of sp³-hybridized carbons (Fsp3) is 0.188.